The first-order chi connectivity index (χ1) is 9.51. The highest BCUT2D eigenvalue weighted by Crippen LogP contribution is 2.28. The molecule has 2 rings (SSSR count). The topological polar surface area (TPSA) is 58.6 Å². The van der Waals surface area contributed by atoms with Crippen LogP contribution >= 0.6 is 27.5 Å². The second-order valence-electron chi connectivity index (χ2n) is 3.96. The number of anilines is 1. The number of rotatable bonds is 3. The molecule has 0 radical (unpaired) electrons. The molecule has 104 valence electrons. The Bertz CT molecular complexity index is 661. The number of benzene rings is 2. The van der Waals surface area contributed by atoms with Crippen molar-refractivity contribution < 1.29 is 14.6 Å². The number of amides is 1. The molecule has 6 heteroatoms. The van der Waals surface area contributed by atoms with Crippen LogP contribution in [-0.4, -0.2) is 18.1 Å². The van der Waals surface area contributed by atoms with Gasteiger partial charge in [0, 0.05) is 16.2 Å². The summed E-state index contributed by atoms with van der Waals surface area (Å²) in [7, 11) is 1.49. The molecule has 4 nitrogen and oxygen atoms in total. The maximum absolute atomic E-state index is 12.1. The van der Waals surface area contributed by atoms with E-state index in [4.69, 9.17) is 16.3 Å². The molecule has 2 aromatic rings. The van der Waals surface area contributed by atoms with Crippen molar-refractivity contribution in [3.63, 3.8) is 0 Å². The summed E-state index contributed by atoms with van der Waals surface area (Å²) in [5.74, 6) is -0.0540. The predicted octanol–water partition coefficient (Wildman–Crippen LogP) is 4.07. The van der Waals surface area contributed by atoms with E-state index in [2.05, 4.69) is 21.2 Å². The van der Waals surface area contributed by atoms with Gasteiger partial charge in [-0.25, -0.2) is 0 Å². The number of halogens is 2. The van der Waals surface area contributed by atoms with Gasteiger partial charge < -0.3 is 15.2 Å². The minimum atomic E-state index is -0.417. The Morgan fingerprint density at radius 2 is 2.05 bits per heavy atom. The first-order valence-corrected chi connectivity index (χ1v) is 6.82. The van der Waals surface area contributed by atoms with Crippen LogP contribution < -0.4 is 10.1 Å². The van der Waals surface area contributed by atoms with Crippen molar-refractivity contribution in [2.24, 2.45) is 0 Å². The summed E-state index contributed by atoms with van der Waals surface area (Å²) >= 11 is 9.13. The van der Waals surface area contributed by atoms with Crippen LogP contribution in [-0.2, 0) is 0 Å². The number of phenolic OH excluding ortho intramolecular Hbond substituents is 1. The SMILES string of the molecule is COc1cc(NC(=O)c2ccc(Br)cc2O)ccc1Cl. The van der Waals surface area contributed by atoms with Crippen LogP contribution in [0.5, 0.6) is 11.5 Å². The van der Waals surface area contributed by atoms with Crippen LogP contribution in [0.1, 0.15) is 10.4 Å². The van der Waals surface area contributed by atoms with Gasteiger partial charge in [0.25, 0.3) is 5.91 Å². The Hall–Kier alpha value is -1.72. The van der Waals surface area contributed by atoms with Crippen LogP contribution in [0.2, 0.25) is 5.02 Å². The normalized spacial score (nSPS) is 10.2. The first kappa shape index (κ1) is 14.7. The smallest absolute Gasteiger partial charge is 0.259 e. The van der Waals surface area contributed by atoms with Gasteiger partial charge >= 0.3 is 0 Å². The van der Waals surface area contributed by atoms with Gasteiger partial charge in [0.1, 0.15) is 11.5 Å². The lowest BCUT2D eigenvalue weighted by Gasteiger charge is -2.09. The van der Waals surface area contributed by atoms with E-state index >= 15 is 0 Å². The van der Waals surface area contributed by atoms with Gasteiger partial charge in [0.05, 0.1) is 17.7 Å². The van der Waals surface area contributed by atoms with Crippen LogP contribution in [0.25, 0.3) is 0 Å². The maximum Gasteiger partial charge on any atom is 0.259 e. The van der Waals surface area contributed by atoms with Gasteiger partial charge in [-0.3, -0.25) is 4.79 Å². The number of hydrogen-bond donors (Lipinski definition) is 2. The Morgan fingerprint density at radius 1 is 1.30 bits per heavy atom. The van der Waals surface area contributed by atoms with Gasteiger partial charge in [-0.1, -0.05) is 27.5 Å². The highest BCUT2D eigenvalue weighted by atomic mass is 79.9. The van der Waals surface area contributed by atoms with E-state index < -0.39 is 5.91 Å². The zero-order chi connectivity index (χ0) is 14.7. The van der Waals surface area contributed by atoms with Crippen molar-refractivity contribution in [3.8, 4) is 11.5 Å². The number of aromatic hydroxyl groups is 1. The Morgan fingerprint density at radius 3 is 2.70 bits per heavy atom. The molecular weight excluding hydrogens is 346 g/mol. The second-order valence-corrected chi connectivity index (χ2v) is 5.29. The van der Waals surface area contributed by atoms with Crippen LogP contribution in [0.3, 0.4) is 0 Å². The molecule has 0 bridgehead atoms. The third kappa shape index (κ3) is 3.23. The van der Waals surface area contributed by atoms with Crippen LogP contribution in [0.15, 0.2) is 40.9 Å². The van der Waals surface area contributed by atoms with E-state index in [1.165, 1.54) is 19.2 Å². The Balaban J connectivity index is 2.23. The van der Waals surface area contributed by atoms with Crippen molar-refractivity contribution in [2.45, 2.75) is 0 Å². The minimum Gasteiger partial charge on any atom is -0.507 e. The zero-order valence-corrected chi connectivity index (χ0v) is 12.8. The highest BCUT2D eigenvalue weighted by molar-refractivity contribution is 9.10. The summed E-state index contributed by atoms with van der Waals surface area (Å²) in [6, 6.07) is 9.54. The Kier molecular flexibility index (Phi) is 4.52. The molecule has 0 heterocycles. The van der Waals surface area contributed by atoms with Crippen molar-refractivity contribution in [3.05, 3.63) is 51.5 Å². The van der Waals surface area contributed by atoms with Gasteiger partial charge in [-0.15, -0.1) is 0 Å². The molecule has 0 aliphatic heterocycles. The highest BCUT2D eigenvalue weighted by Gasteiger charge is 2.12. The molecule has 2 aromatic carbocycles. The standard InChI is InChI=1S/C14H11BrClNO3/c1-20-13-7-9(3-5-11(13)16)17-14(19)10-4-2-8(15)6-12(10)18/h2-7,18H,1H3,(H,17,19). The zero-order valence-electron chi connectivity index (χ0n) is 10.5. The third-order valence-electron chi connectivity index (χ3n) is 2.61. The van der Waals surface area contributed by atoms with Crippen molar-refractivity contribution in [1.29, 1.82) is 0 Å². The molecule has 0 atom stereocenters. The summed E-state index contributed by atoms with van der Waals surface area (Å²) in [6.45, 7) is 0. The number of hydrogen-bond acceptors (Lipinski definition) is 3. The first-order valence-electron chi connectivity index (χ1n) is 5.64. The van der Waals surface area contributed by atoms with Gasteiger partial charge in [-0.2, -0.15) is 0 Å². The fourth-order valence-electron chi connectivity index (χ4n) is 1.63. The second kappa shape index (κ2) is 6.15. The molecule has 0 spiro atoms. The molecule has 0 fully saturated rings. The fourth-order valence-corrected chi connectivity index (χ4v) is 2.18. The molecule has 0 aromatic heterocycles. The molecule has 0 saturated carbocycles. The van der Waals surface area contributed by atoms with Gasteiger partial charge in [-0.05, 0) is 30.3 Å². The third-order valence-corrected chi connectivity index (χ3v) is 3.42. The largest absolute Gasteiger partial charge is 0.507 e. The Labute approximate surface area is 129 Å². The van der Waals surface area contributed by atoms with Crippen LogP contribution in [0.4, 0.5) is 5.69 Å². The van der Waals surface area contributed by atoms with Gasteiger partial charge in [0.15, 0.2) is 0 Å². The van der Waals surface area contributed by atoms with Crippen molar-refractivity contribution in [1.82, 2.24) is 0 Å². The quantitative estimate of drug-likeness (QED) is 0.871. The molecule has 1 amide bonds. The number of carbonyl (C=O) groups excluding carboxylic acids is 1. The molecule has 20 heavy (non-hydrogen) atoms. The van der Waals surface area contributed by atoms with Gasteiger partial charge in [0.2, 0.25) is 0 Å². The summed E-state index contributed by atoms with van der Waals surface area (Å²) in [5.41, 5.74) is 0.709. The van der Waals surface area contributed by atoms with Crippen LogP contribution in [0, 0.1) is 0 Å². The maximum atomic E-state index is 12.1. The van der Waals surface area contributed by atoms with E-state index in [9.17, 15) is 9.90 Å². The van der Waals surface area contributed by atoms with E-state index in [-0.39, 0.29) is 11.3 Å². The van der Waals surface area contributed by atoms with E-state index in [1.807, 2.05) is 0 Å². The molecular formula is C14H11BrClNO3. The minimum absolute atomic E-state index is 0.0993. The lowest BCUT2D eigenvalue weighted by molar-refractivity contribution is 0.102. The fraction of sp³-hybridized carbons (Fsp3) is 0.0714. The number of methoxy groups -OCH3 is 1. The predicted molar refractivity (Wildman–Crippen MR) is 81.8 cm³/mol. The summed E-state index contributed by atoms with van der Waals surface area (Å²) in [4.78, 5) is 12.1. The van der Waals surface area contributed by atoms with Crippen molar-refractivity contribution >= 4 is 39.1 Å². The van der Waals surface area contributed by atoms with E-state index in [0.29, 0.717) is 20.9 Å². The van der Waals surface area contributed by atoms with E-state index in [0.717, 1.165) is 0 Å². The lowest BCUT2D eigenvalue weighted by atomic mass is 10.2. The molecule has 0 aliphatic carbocycles. The molecule has 0 unspecified atom stereocenters. The summed E-state index contributed by atoms with van der Waals surface area (Å²) < 4.78 is 5.77. The monoisotopic (exact) mass is 355 g/mol. The summed E-state index contributed by atoms with van der Waals surface area (Å²) in [5, 5.41) is 12.9. The number of nitrogens with one attached hydrogen (secondary N) is 1. The summed E-state index contributed by atoms with van der Waals surface area (Å²) in [6.07, 6.45) is 0. The average Bonchev–Trinajstić information content (AvgIpc) is 2.40. The number of ether oxygens (including phenoxy) is 1. The number of carbonyl (C=O) groups is 1. The molecule has 0 saturated heterocycles. The molecule has 0 aliphatic rings. The molecule has 2 N–H and O–H groups in total. The lowest BCUT2D eigenvalue weighted by Crippen LogP contribution is -2.12. The van der Waals surface area contributed by atoms with E-state index in [1.54, 1.807) is 24.3 Å². The average molecular weight is 357 g/mol. The van der Waals surface area contributed by atoms with Crippen molar-refractivity contribution in [2.75, 3.05) is 12.4 Å². The number of phenols is 1.